The minimum absolute atomic E-state index is 0.0575. The number of aromatic nitrogens is 1. The van der Waals surface area contributed by atoms with Crippen molar-refractivity contribution in [3.63, 3.8) is 0 Å². The van der Waals surface area contributed by atoms with Crippen LogP contribution in [-0.4, -0.2) is 54.0 Å². The van der Waals surface area contributed by atoms with Gasteiger partial charge in [-0.05, 0) is 94.1 Å². The van der Waals surface area contributed by atoms with Crippen LogP contribution in [0.3, 0.4) is 0 Å². The van der Waals surface area contributed by atoms with Crippen molar-refractivity contribution in [2.75, 3.05) is 26.2 Å². The first kappa shape index (κ1) is 39.4. The lowest BCUT2D eigenvalue weighted by Gasteiger charge is -2.20. The average Bonchev–Trinajstić information content (AvgIpc) is 3.02. The molecule has 0 radical (unpaired) electrons. The van der Waals surface area contributed by atoms with Crippen molar-refractivity contribution in [3.8, 4) is 0 Å². The number of carbonyl (C=O) groups excluding carboxylic acids is 2. The van der Waals surface area contributed by atoms with Gasteiger partial charge in [0.1, 0.15) is 5.83 Å². The molecular formula is C35H53FN4O3. The van der Waals surface area contributed by atoms with Gasteiger partial charge in [-0.15, -0.1) is 0 Å². The van der Waals surface area contributed by atoms with Crippen LogP contribution in [0.25, 0.3) is 0 Å². The van der Waals surface area contributed by atoms with E-state index in [1.165, 1.54) is 17.7 Å². The van der Waals surface area contributed by atoms with E-state index in [-0.39, 0.29) is 30.2 Å². The predicted molar refractivity (Wildman–Crippen MR) is 177 cm³/mol. The van der Waals surface area contributed by atoms with Gasteiger partial charge in [0, 0.05) is 43.0 Å². The summed E-state index contributed by atoms with van der Waals surface area (Å²) in [6.45, 7) is 21.2. The van der Waals surface area contributed by atoms with Crippen molar-refractivity contribution in [1.29, 1.82) is 0 Å². The molecule has 3 N–H and O–H groups in total. The molecule has 2 amide bonds. The highest BCUT2D eigenvalue weighted by atomic mass is 19.1. The van der Waals surface area contributed by atoms with Crippen LogP contribution in [0.15, 0.2) is 72.7 Å². The van der Waals surface area contributed by atoms with Crippen LogP contribution in [0.5, 0.6) is 0 Å². The fourth-order valence-corrected chi connectivity index (χ4v) is 3.78. The van der Waals surface area contributed by atoms with Crippen LogP contribution in [0.2, 0.25) is 0 Å². The molecular weight excluding hydrogens is 543 g/mol. The van der Waals surface area contributed by atoms with Gasteiger partial charge in [0.15, 0.2) is 0 Å². The Balaban J connectivity index is 0.00000137. The quantitative estimate of drug-likeness (QED) is 0.226. The Morgan fingerprint density at radius 3 is 2.42 bits per heavy atom. The van der Waals surface area contributed by atoms with Gasteiger partial charge in [0.2, 0.25) is 0 Å². The Morgan fingerprint density at radius 1 is 1.16 bits per heavy atom. The standard InChI is InChI=1S/C25H36N4O3.C8H11F.C2H6/c1-5-10-29(7-3)25(31)21-12-18(4)11-20(14-21)24(30)28-15-22(26)16-32-17-23-13-19(6-2)8-9-27-23;1-4-7(3)6-8(9)5-2;1-2/h8-9,11-14,22H,5-7,10,15-17,26H2,1-4H3,(H,28,30);4-6H,2H2,1,3H3;1-2H3/b;7-4-,8-6+;. The lowest BCUT2D eigenvalue weighted by atomic mass is 10.0. The van der Waals surface area contributed by atoms with Gasteiger partial charge in [-0.1, -0.05) is 45.9 Å². The van der Waals surface area contributed by atoms with Crippen molar-refractivity contribution in [2.24, 2.45) is 5.73 Å². The second-order valence-electron chi connectivity index (χ2n) is 9.73. The third kappa shape index (κ3) is 16.0. The first-order valence-corrected chi connectivity index (χ1v) is 15.2. The van der Waals surface area contributed by atoms with E-state index in [1.807, 2.05) is 72.7 Å². The Kier molecular flexibility index (Phi) is 21.0. The number of carbonyl (C=O) groups is 2. The monoisotopic (exact) mass is 596 g/mol. The zero-order chi connectivity index (χ0) is 32.8. The third-order valence-electron chi connectivity index (χ3n) is 6.16. The number of aryl methyl sites for hydroxylation is 2. The fraction of sp³-hybridized carbons (Fsp3) is 0.457. The first-order chi connectivity index (χ1) is 20.6. The topological polar surface area (TPSA) is 97.6 Å². The number of nitrogens with two attached hydrogens (primary N) is 1. The molecule has 2 aromatic rings. The lowest BCUT2D eigenvalue weighted by Crippen LogP contribution is -2.40. The molecule has 1 aromatic carbocycles. The number of amides is 2. The zero-order valence-corrected chi connectivity index (χ0v) is 27.5. The lowest BCUT2D eigenvalue weighted by molar-refractivity contribution is 0.0764. The van der Waals surface area contributed by atoms with E-state index in [9.17, 15) is 14.0 Å². The average molecular weight is 597 g/mol. The molecule has 8 heteroatoms. The van der Waals surface area contributed by atoms with E-state index in [1.54, 1.807) is 23.2 Å². The predicted octanol–water partition coefficient (Wildman–Crippen LogP) is 7.12. The highest BCUT2D eigenvalue weighted by Gasteiger charge is 2.17. The second kappa shape index (κ2) is 22.9. The van der Waals surface area contributed by atoms with Crippen molar-refractivity contribution >= 4 is 11.8 Å². The summed E-state index contributed by atoms with van der Waals surface area (Å²) < 4.78 is 17.9. The molecule has 2 rings (SSSR count). The molecule has 1 unspecified atom stereocenters. The van der Waals surface area contributed by atoms with Crippen LogP contribution in [0.1, 0.15) is 92.4 Å². The highest BCUT2D eigenvalue weighted by Crippen LogP contribution is 2.13. The van der Waals surface area contributed by atoms with Gasteiger partial charge >= 0.3 is 0 Å². The molecule has 1 atom stereocenters. The molecule has 7 nitrogen and oxygen atoms in total. The summed E-state index contributed by atoms with van der Waals surface area (Å²) in [7, 11) is 0. The van der Waals surface area contributed by atoms with Crippen LogP contribution < -0.4 is 11.1 Å². The van der Waals surface area contributed by atoms with Gasteiger partial charge in [0.25, 0.3) is 11.8 Å². The maximum atomic E-state index is 12.8. The van der Waals surface area contributed by atoms with Gasteiger partial charge in [-0.3, -0.25) is 14.6 Å². The minimum atomic E-state index is -0.348. The summed E-state index contributed by atoms with van der Waals surface area (Å²) in [6, 6.07) is 8.90. The van der Waals surface area contributed by atoms with Crippen LogP contribution in [0.4, 0.5) is 4.39 Å². The SMILES string of the molecule is C=C/C(F)=C\C(C)=C/C.CC.CCCN(CC)C(=O)c1cc(C)cc(C(=O)NCC(N)COCc2cc(CC)ccn2)c1. The summed E-state index contributed by atoms with van der Waals surface area (Å²) in [6.07, 6.45) is 8.07. The number of rotatable bonds is 14. The number of hydrogen-bond acceptors (Lipinski definition) is 5. The second-order valence-corrected chi connectivity index (χ2v) is 9.73. The van der Waals surface area contributed by atoms with Crippen molar-refractivity contribution in [2.45, 2.75) is 80.9 Å². The molecule has 1 heterocycles. The Hall–Kier alpha value is -3.62. The van der Waals surface area contributed by atoms with Gasteiger partial charge in [-0.25, -0.2) is 4.39 Å². The number of nitrogens with zero attached hydrogens (tertiary/aromatic N) is 2. The molecule has 43 heavy (non-hydrogen) atoms. The van der Waals surface area contributed by atoms with E-state index in [2.05, 4.69) is 23.8 Å². The van der Waals surface area contributed by atoms with Crippen LogP contribution in [-0.2, 0) is 17.8 Å². The largest absolute Gasteiger partial charge is 0.373 e. The minimum Gasteiger partial charge on any atom is -0.373 e. The number of nitrogens with one attached hydrogen (secondary N) is 1. The van der Waals surface area contributed by atoms with Crippen molar-refractivity contribution in [1.82, 2.24) is 15.2 Å². The van der Waals surface area contributed by atoms with E-state index >= 15 is 0 Å². The van der Waals surface area contributed by atoms with Gasteiger partial charge < -0.3 is 20.7 Å². The molecule has 0 saturated carbocycles. The Bertz CT molecular complexity index is 1190. The summed E-state index contributed by atoms with van der Waals surface area (Å²) in [5.74, 6) is -0.599. The number of benzene rings is 1. The van der Waals surface area contributed by atoms with E-state index < -0.39 is 0 Å². The molecule has 0 aliphatic rings. The number of hydrogen-bond donors (Lipinski definition) is 2. The van der Waals surface area contributed by atoms with E-state index in [4.69, 9.17) is 10.5 Å². The van der Waals surface area contributed by atoms with Crippen molar-refractivity contribution < 1.29 is 18.7 Å². The molecule has 238 valence electrons. The van der Waals surface area contributed by atoms with Crippen LogP contribution in [0, 0.1) is 6.92 Å². The third-order valence-corrected chi connectivity index (χ3v) is 6.16. The van der Waals surface area contributed by atoms with E-state index in [0.717, 1.165) is 29.7 Å². The van der Waals surface area contributed by atoms with Gasteiger partial charge in [0.05, 0.1) is 18.9 Å². The zero-order valence-electron chi connectivity index (χ0n) is 27.5. The first-order valence-electron chi connectivity index (χ1n) is 15.2. The molecule has 0 aliphatic heterocycles. The molecule has 0 spiro atoms. The smallest absolute Gasteiger partial charge is 0.253 e. The molecule has 1 aromatic heterocycles. The summed E-state index contributed by atoms with van der Waals surface area (Å²) in [5, 5.41) is 2.84. The molecule has 0 fully saturated rings. The maximum absolute atomic E-state index is 12.8. The Labute approximate surface area is 259 Å². The maximum Gasteiger partial charge on any atom is 0.253 e. The van der Waals surface area contributed by atoms with Crippen LogP contribution >= 0.6 is 0 Å². The summed E-state index contributed by atoms with van der Waals surface area (Å²) in [5.41, 5.74) is 10.9. The molecule has 0 saturated heterocycles. The van der Waals surface area contributed by atoms with E-state index in [0.29, 0.717) is 37.4 Å². The molecule has 0 aliphatic carbocycles. The number of allylic oxidation sites excluding steroid dienone is 5. The highest BCUT2D eigenvalue weighted by molar-refractivity contribution is 6.00. The Morgan fingerprint density at radius 2 is 1.84 bits per heavy atom. The normalized spacial score (nSPS) is 11.8. The summed E-state index contributed by atoms with van der Waals surface area (Å²) >= 11 is 0. The number of pyridine rings is 1. The number of ether oxygens (including phenoxy) is 1. The summed E-state index contributed by atoms with van der Waals surface area (Å²) in [4.78, 5) is 31.5. The fourth-order valence-electron chi connectivity index (χ4n) is 3.78. The molecule has 0 bridgehead atoms. The number of halogens is 1. The van der Waals surface area contributed by atoms with Crippen molar-refractivity contribution in [3.05, 3.63) is 101 Å². The van der Waals surface area contributed by atoms with Gasteiger partial charge in [-0.2, -0.15) is 0 Å².